The van der Waals surface area contributed by atoms with Crippen molar-refractivity contribution < 1.29 is 14.3 Å². The van der Waals surface area contributed by atoms with Crippen LogP contribution in [-0.4, -0.2) is 19.2 Å². The number of unbranched alkanes of at least 4 members (excludes halogenated alkanes) is 1. The zero-order valence-electron chi connectivity index (χ0n) is 13.6. The van der Waals surface area contributed by atoms with E-state index in [9.17, 15) is 4.79 Å². The molecule has 0 fully saturated rings. The molecule has 0 N–H and O–H groups in total. The van der Waals surface area contributed by atoms with Crippen LogP contribution in [0.25, 0.3) is 10.8 Å². The molecule has 118 valence electrons. The van der Waals surface area contributed by atoms with Crippen LogP contribution in [0.4, 0.5) is 0 Å². The number of benzene rings is 2. The second kappa shape index (κ2) is 7.83. The zero-order chi connectivity index (χ0) is 15.9. The number of fused-ring (bicyclic) bond motifs is 1. The fraction of sp³-hybridized carbons (Fsp3) is 0.421. The van der Waals surface area contributed by atoms with Gasteiger partial charge >= 0.3 is 5.97 Å². The van der Waals surface area contributed by atoms with Crippen molar-refractivity contribution in [3.05, 3.63) is 42.0 Å². The second-order valence-electron chi connectivity index (χ2n) is 5.81. The summed E-state index contributed by atoms with van der Waals surface area (Å²) in [5.74, 6) is 0.762. The fourth-order valence-electron chi connectivity index (χ4n) is 2.26. The molecule has 3 heteroatoms. The van der Waals surface area contributed by atoms with Crippen LogP contribution >= 0.6 is 0 Å². The first-order valence-electron chi connectivity index (χ1n) is 7.87. The number of hydrogen-bond donors (Lipinski definition) is 0. The van der Waals surface area contributed by atoms with Crippen molar-refractivity contribution in [1.29, 1.82) is 0 Å². The summed E-state index contributed by atoms with van der Waals surface area (Å²) in [6.07, 6.45) is 1.69. The summed E-state index contributed by atoms with van der Waals surface area (Å²) in [6, 6.07) is 12.4. The molecule has 2 aromatic carbocycles. The normalized spacial score (nSPS) is 10.9. The van der Waals surface area contributed by atoms with Crippen LogP contribution in [0.3, 0.4) is 0 Å². The van der Waals surface area contributed by atoms with Gasteiger partial charge in [0.25, 0.3) is 0 Å². The van der Waals surface area contributed by atoms with Gasteiger partial charge in [0.15, 0.2) is 0 Å². The first-order chi connectivity index (χ1) is 10.6. The van der Waals surface area contributed by atoms with Crippen molar-refractivity contribution in [2.24, 2.45) is 5.92 Å². The molecule has 0 aromatic heterocycles. The Balaban J connectivity index is 1.83. The summed E-state index contributed by atoms with van der Waals surface area (Å²) in [7, 11) is 0. The topological polar surface area (TPSA) is 35.5 Å². The quantitative estimate of drug-likeness (QED) is 0.557. The van der Waals surface area contributed by atoms with Gasteiger partial charge in [-0.1, -0.05) is 50.2 Å². The lowest BCUT2D eigenvalue weighted by atomic mass is 10.1. The highest BCUT2D eigenvalue weighted by atomic mass is 16.5. The maximum absolute atomic E-state index is 11.3. The van der Waals surface area contributed by atoms with Crippen LogP contribution in [-0.2, 0) is 9.53 Å². The van der Waals surface area contributed by atoms with Gasteiger partial charge in [0, 0.05) is 5.39 Å². The maximum Gasteiger partial charge on any atom is 0.308 e. The predicted molar refractivity (Wildman–Crippen MR) is 89.2 cm³/mol. The summed E-state index contributed by atoms with van der Waals surface area (Å²) in [4.78, 5) is 11.3. The van der Waals surface area contributed by atoms with E-state index in [1.807, 2.05) is 26.0 Å². The van der Waals surface area contributed by atoms with Gasteiger partial charge in [-0.3, -0.25) is 4.79 Å². The number of aryl methyl sites for hydroxylation is 1. The number of esters is 1. The molecule has 0 bridgehead atoms. The van der Waals surface area contributed by atoms with Gasteiger partial charge in [0.05, 0.1) is 19.1 Å². The summed E-state index contributed by atoms with van der Waals surface area (Å²) in [5.41, 5.74) is 1.14. The second-order valence-corrected chi connectivity index (χ2v) is 5.81. The summed E-state index contributed by atoms with van der Waals surface area (Å²) >= 11 is 0. The van der Waals surface area contributed by atoms with Crippen molar-refractivity contribution in [3.8, 4) is 5.75 Å². The van der Waals surface area contributed by atoms with Crippen LogP contribution < -0.4 is 4.74 Å². The fourth-order valence-corrected chi connectivity index (χ4v) is 2.26. The number of rotatable bonds is 7. The molecular formula is C19H24O3. The predicted octanol–water partition coefficient (Wildman–Crippen LogP) is 4.51. The Labute approximate surface area is 132 Å². The van der Waals surface area contributed by atoms with E-state index in [1.165, 1.54) is 5.39 Å². The molecule has 0 atom stereocenters. The van der Waals surface area contributed by atoms with Crippen molar-refractivity contribution in [1.82, 2.24) is 0 Å². The van der Waals surface area contributed by atoms with Crippen molar-refractivity contribution in [3.63, 3.8) is 0 Å². The lowest BCUT2D eigenvalue weighted by Gasteiger charge is -2.12. The number of ether oxygens (including phenoxy) is 2. The molecule has 0 amide bonds. The van der Waals surface area contributed by atoms with Crippen LogP contribution in [0.2, 0.25) is 0 Å². The lowest BCUT2D eigenvalue weighted by Crippen LogP contribution is -2.12. The van der Waals surface area contributed by atoms with E-state index >= 15 is 0 Å². The van der Waals surface area contributed by atoms with Crippen molar-refractivity contribution in [2.45, 2.75) is 33.6 Å². The molecule has 0 spiro atoms. The molecular weight excluding hydrogens is 276 g/mol. The minimum atomic E-state index is -0.134. The highest BCUT2D eigenvalue weighted by molar-refractivity contribution is 5.89. The first-order valence-corrected chi connectivity index (χ1v) is 7.87. The SMILES string of the molecule is Cc1ccc2ccccc2c1OCCCCOC(=O)C(C)C. The van der Waals surface area contributed by atoms with Crippen LogP contribution in [0.1, 0.15) is 32.3 Å². The van der Waals surface area contributed by atoms with Gasteiger partial charge in [-0.05, 0) is 30.7 Å². The van der Waals surface area contributed by atoms with Crippen LogP contribution in [0.15, 0.2) is 36.4 Å². The molecule has 3 nitrogen and oxygen atoms in total. The number of carbonyl (C=O) groups excluding carboxylic acids is 1. The van der Waals surface area contributed by atoms with E-state index in [-0.39, 0.29) is 11.9 Å². The summed E-state index contributed by atoms with van der Waals surface area (Å²) in [6.45, 7) is 6.85. The van der Waals surface area contributed by atoms with Crippen molar-refractivity contribution in [2.75, 3.05) is 13.2 Å². The Morgan fingerprint density at radius 3 is 2.55 bits per heavy atom. The highest BCUT2D eigenvalue weighted by Crippen LogP contribution is 2.29. The summed E-state index contributed by atoms with van der Waals surface area (Å²) in [5, 5.41) is 2.34. The van der Waals surface area contributed by atoms with Crippen LogP contribution in [0, 0.1) is 12.8 Å². The van der Waals surface area contributed by atoms with Gasteiger partial charge in [0.1, 0.15) is 5.75 Å². The third-order valence-corrected chi connectivity index (χ3v) is 3.58. The minimum absolute atomic E-state index is 0.0606. The average Bonchev–Trinajstić information content (AvgIpc) is 2.52. The number of hydrogen-bond acceptors (Lipinski definition) is 3. The minimum Gasteiger partial charge on any atom is -0.493 e. The molecule has 0 aliphatic rings. The Bertz CT molecular complexity index is 632. The standard InChI is InChI=1S/C19H24O3/c1-14(2)19(20)22-13-7-6-12-21-18-15(3)10-11-16-8-4-5-9-17(16)18/h4-5,8-11,14H,6-7,12-13H2,1-3H3. The first kappa shape index (κ1) is 16.3. The van der Waals surface area contributed by atoms with Gasteiger partial charge < -0.3 is 9.47 Å². The molecule has 2 rings (SSSR count). The molecule has 0 saturated carbocycles. The molecule has 0 aliphatic carbocycles. The van der Waals surface area contributed by atoms with E-state index in [2.05, 4.69) is 31.2 Å². The highest BCUT2D eigenvalue weighted by Gasteiger charge is 2.08. The molecule has 2 aromatic rings. The van der Waals surface area contributed by atoms with Crippen molar-refractivity contribution >= 4 is 16.7 Å². The molecule has 0 unspecified atom stereocenters. The smallest absolute Gasteiger partial charge is 0.308 e. The third-order valence-electron chi connectivity index (χ3n) is 3.58. The Morgan fingerprint density at radius 2 is 1.77 bits per heavy atom. The molecule has 22 heavy (non-hydrogen) atoms. The monoisotopic (exact) mass is 300 g/mol. The Kier molecular flexibility index (Phi) is 5.82. The van der Waals surface area contributed by atoms with E-state index in [0.717, 1.165) is 29.5 Å². The van der Waals surface area contributed by atoms with Gasteiger partial charge in [-0.2, -0.15) is 0 Å². The van der Waals surface area contributed by atoms with Gasteiger partial charge in [0.2, 0.25) is 0 Å². The van der Waals surface area contributed by atoms with Crippen LogP contribution in [0.5, 0.6) is 5.75 Å². The zero-order valence-corrected chi connectivity index (χ0v) is 13.6. The maximum atomic E-state index is 11.3. The largest absolute Gasteiger partial charge is 0.493 e. The average molecular weight is 300 g/mol. The van der Waals surface area contributed by atoms with E-state index in [0.29, 0.717) is 13.2 Å². The lowest BCUT2D eigenvalue weighted by molar-refractivity contribution is -0.147. The number of carbonyl (C=O) groups is 1. The van der Waals surface area contributed by atoms with E-state index in [4.69, 9.17) is 9.47 Å². The van der Waals surface area contributed by atoms with E-state index in [1.54, 1.807) is 0 Å². The van der Waals surface area contributed by atoms with Gasteiger partial charge in [-0.15, -0.1) is 0 Å². The summed E-state index contributed by atoms with van der Waals surface area (Å²) < 4.78 is 11.1. The molecule has 0 saturated heterocycles. The molecule has 0 radical (unpaired) electrons. The van der Waals surface area contributed by atoms with E-state index < -0.39 is 0 Å². The Morgan fingerprint density at radius 1 is 1.05 bits per heavy atom. The molecule has 0 aliphatic heterocycles. The third kappa shape index (κ3) is 4.23. The Hall–Kier alpha value is -2.03. The van der Waals surface area contributed by atoms with Gasteiger partial charge in [-0.25, -0.2) is 0 Å². The molecule has 0 heterocycles.